The summed E-state index contributed by atoms with van der Waals surface area (Å²) in [7, 11) is 0. The first-order valence-corrected chi connectivity index (χ1v) is 8.17. The second-order valence-electron chi connectivity index (χ2n) is 6.18. The van der Waals surface area contributed by atoms with E-state index < -0.39 is 28.8 Å². The molecular formula is C21H16F3NO2. The Balaban J connectivity index is 1.82. The lowest BCUT2D eigenvalue weighted by Crippen LogP contribution is -2.28. The van der Waals surface area contributed by atoms with E-state index in [2.05, 4.69) is 4.98 Å². The smallest absolute Gasteiger partial charge is 0.351 e. The summed E-state index contributed by atoms with van der Waals surface area (Å²) < 4.78 is 48.4. The van der Waals surface area contributed by atoms with Gasteiger partial charge in [0.05, 0.1) is 11.8 Å². The third-order valence-corrected chi connectivity index (χ3v) is 3.97. The molecule has 1 heterocycles. The number of nitrogens with zero attached hydrogens (tertiary/aromatic N) is 1. The van der Waals surface area contributed by atoms with Crippen LogP contribution in [0, 0.1) is 19.7 Å². The number of aryl methyl sites for hydroxylation is 2. The fraction of sp³-hybridized carbons (Fsp3) is 0.143. The molecule has 0 aliphatic rings. The molecular weight excluding hydrogens is 355 g/mol. The highest BCUT2D eigenvalue weighted by atomic mass is 19.3. The molecule has 0 spiro atoms. The van der Waals surface area contributed by atoms with Crippen LogP contribution in [0.1, 0.15) is 27.2 Å². The summed E-state index contributed by atoms with van der Waals surface area (Å²) in [4.78, 5) is 15.8. The predicted molar refractivity (Wildman–Crippen MR) is 94.9 cm³/mol. The van der Waals surface area contributed by atoms with Crippen molar-refractivity contribution in [1.29, 1.82) is 0 Å². The Morgan fingerprint density at radius 3 is 2.15 bits per heavy atom. The highest BCUT2D eigenvalue weighted by Crippen LogP contribution is 2.33. The minimum atomic E-state index is -3.96. The van der Waals surface area contributed by atoms with Crippen LogP contribution in [0.25, 0.3) is 0 Å². The Bertz CT molecular complexity index is 968. The van der Waals surface area contributed by atoms with Gasteiger partial charge in [-0.2, -0.15) is 8.78 Å². The Kier molecular flexibility index (Phi) is 4.99. The molecule has 0 bridgehead atoms. The van der Waals surface area contributed by atoms with Crippen LogP contribution in [0.3, 0.4) is 0 Å². The number of halogens is 3. The van der Waals surface area contributed by atoms with Crippen LogP contribution in [-0.2, 0) is 5.92 Å². The van der Waals surface area contributed by atoms with Gasteiger partial charge in [-0.3, -0.25) is 9.78 Å². The molecule has 1 aromatic heterocycles. The molecule has 0 N–H and O–H groups in total. The van der Waals surface area contributed by atoms with Gasteiger partial charge in [0, 0.05) is 0 Å². The molecule has 0 aliphatic heterocycles. The number of Topliss-reactive ketones (excluding diaryl/α,β-unsaturated/α-hetero) is 1. The molecule has 3 aromatic rings. The Hall–Kier alpha value is -3.15. The normalized spacial score (nSPS) is 11.3. The quantitative estimate of drug-likeness (QED) is 0.548. The molecule has 138 valence electrons. The summed E-state index contributed by atoms with van der Waals surface area (Å²) >= 11 is 0. The Morgan fingerprint density at radius 1 is 0.926 bits per heavy atom. The van der Waals surface area contributed by atoms with Crippen molar-refractivity contribution < 1.29 is 22.7 Å². The van der Waals surface area contributed by atoms with Gasteiger partial charge in [0.2, 0.25) is 5.78 Å². The van der Waals surface area contributed by atoms with Gasteiger partial charge >= 0.3 is 5.92 Å². The summed E-state index contributed by atoms with van der Waals surface area (Å²) in [6.45, 7) is 3.53. The largest absolute Gasteiger partial charge is 0.456 e. The third-order valence-electron chi connectivity index (χ3n) is 3.97. The van der Waals surface area contributed by atoms with Crippen LogP contribution < -0.4 is 4.74 Å². The van der Waals surface area contributed by atoms with Gasteiger partial charge in [-0.05, 0) is 55.8 Å². The number of carbonyl (C=O) groups excluding carboxylic acids is 1. The van der Waals surface area contributed by atoms with E-state index >= 15 is 0 Å². The maximum atomic E-state index is 14.5. The lowest BCUT2D eigenvalue weighted by atomic mass is 10.0. The average molecular weight is 371 g/mol. The number of ketones is 1. The first-order chi connectivity index (χ1) is 12.8. The van der Waals surface area contributed by atoms with Gasteiger partial charge in [-0.1, -0.05) is 23.8 Å². The lowest BCUT2D eigenvalue weighted by molar-refractivity contribution is 0.00423. The van der Waals surface area contributed by atoms with E-state index in [-0.39, 0.29) is 5.75 Å². The van der Waals surface area contributed by atoms with Gasteiger partial charge in [0.1, 0.15) is 23.0 Å². The van der Waals surface area contributed by atoms with Gasteiger partial charge in [-0.15, -0.1) is 0 Å². The van der Waals surface area contributed by atoms with Crippen LogP contribution >= 0.6 is 0 Å². The zero-order chi connectivity index (χ0) is 19.6. The van der Waals surface area contributed by atoms with Crippen LogP contribution in [0.2, 0.25) is 0 Å². The molecule has 27 heavy (non-hydrogen) atoms. The first kappa shape index (κ1) is 18.6. The summed E-state index contributed by atoms with van der Waals surface area (Å²) in [6.07, 6.45) is 1.10. The fourth-order valence-corrected chi connectivity index (χ4v) is 2.46. The predicted octanol–water partition coefficient (Wildman–Crippen LogP) is 5.60. The zero-order valence-corrected chi connectivity index (χ0v) is 14.7. The molecule has 0 unspecified atom stereocenters. The minimum absolute atomic E-state index is 0.243. The molecule has 6 heteroatoms. The van der Waals surface area contributed by atoms with Gasteiger partial charge < -0.3 is 4.74 Å². The van der Waals surface area contributed by atoms with Crippen LogP contribution in [0.15, 0.2) is 60.8 Å². The van der Waals surface area contributed by atoms with Crippen molar-refractivity contribution in [3.63, 3.8) is 0 Å². The second-order valence-corrected chi connectivity index (χ2v) is 6.18. The second kappa shape index (κ2) is 7.23. The van der Waals surface area contributed by atoms with E-state index in [1.165, 1.54) is 12.1 Å². The van der Waals surface area contributed by atoms with Crippen LogP contribution in [0.4, 0.5) is 13.2 Å². The standard InChI is InChI=1S/C21H16F3NO2/c1-13-3-6-15(7-4-13)27-16-8-10-19(25-12-16)21(23,24)20(26)17-9-5-14(2)11-18(17)22/h3-12H,1-2H3. The first-order valence-electron chi connectivity index (χ1n) is 8.17. The topological polar surface area (TPSA) is 39.2 Å². The number of aromatic nitrogens is 1. The van der Waals surface area contributed by atoms with Crippen molar-refractivity contribution >= 4 is 5.78 Å². The minimum Gasteiger partial charge on any atom is -0.456 e. The Labute approximate surface area is 154 Å². The number of carbonyl (C=O) groups is 1. The van der Waals surface area contributed by atoms with E-state index in [1.54, 1.807) is 19.1 Å². The number of pyridine rings is 1. The lowest BCUT2D eigenvalue weighted by Gasteiger charge is -2.15. The number of hydrogen-bond acceptors (Lipinski definition) is 3. The molecule has 0 amide bonds. The number of hydrogen-bond donors (Lipinski definition) is 0. The SMILES string of the molecule is Cc1ccc(Oc2ccc(C(F)(F)C(=O)c3ccc(C)cc3F)nc2)cc1. The third kappa shape index (κ3) is 4.00. The summed E-state index contributed by atoms with van der Waals surface area (Å²) in [5, 5.41) is 0. The van der Waals surface area contributed by atoms with E-state index in [0.29, 0.717) is 11.3 Å². The molecule has 0 radical (unpaired) electrons. The molecule has 2 aromatic carbocycles. The number of benzene rings is 2. The molecule has 0 saturated carbocycles. The highest BCUT2D eigenvalue weighted by Gasteiger charge is 2.44. The van der Waals surface area contributed by atoms with Gasteiger partial charge in [0.25, 0.3) is 0 Å². The maximum absolute atomic E-state index is 14.5. The van der Waals surface area contributed by atoms with E-state index in [0.717, 1.165) is 30.0 Å². The summed E-state index contributed by atoms with van der Waals surface area (Å²) in [6, 6.07) is 12.9. The summed E-state index contributed by atoms with van der Waals surface area (Å²) in [5.74, 6) is -5.82. The van der Waals surface area contributed by atoms with Gasteiger partial charge in [-0.25, -0.2) is 4.39 Å². The van der Waals surface area contributed by atoms with Crippen molar-refractivity contribution in [2.45, 2.75) is 19.8 Å². The Morgan fingerprint density at radius 2 is 1.56 bits per heavy atom. The van der Waals surface area contributed by atoms with E-state index in [4.69, 9.17) is 4.74 Å². The van der Waals surface area contributed by atoms with Crippen molar-refractivity contribution in [3.05, 3.63) is 89.0 Å². The van der Waals surface area contributed by atoms with Crippen LogP contribution in [-0.4, -0.2) is 10.8 Å². The van der Waals surface area contributed by atoms with Gasteiger partial charge in [0.15, 0.2) is 0 Å². The van der Waals surface area contributed by atoms with E-state index in [1.807, 2.05) is 19.1 Å². The van der Waals surface area contributed by atoms with Crippen molar-refractivity contribution in [3.8, 4) is 11.5 Å². The maximum Gasteiger partial charge on any atom is 0.351 e. The molecule has 3 rings (SSSR count). The van der Waals surface area contributed by atoms with Crippen molar-refractivity contribution in [2.24, 2.45) is 0 Å². The fourth-order valence-electron chi connectivity index (χ4n) is 2.46. The molecule has 3 nitrogen and oxygen atoms in total. The number of alkyl halides is 2. The van der Waals surface area contributed by atoms with Crippen LogP contribution in [0.5, 0.6) is 11.5 Å². The zero-order valence-electron chi connectivity index (χ0n) is 14.7. The van der Waals surface area contributed by atoms with E-state index in [9.17, 15) is 18.0 Å². The molecule has 0 atom stereocenters. The van der Waals surface area contributed by atoms with Crippen molar-refractivity contribution in [1.82, 2.24) is 4.98 Å². The average Bonchev–Trinajstić information content (AvgIpc) is 2.63. The number of rotatable bonds is 5. The molecule has 0 aliphatic carbocycles. The monoisotopic (exact) mass is 371 g/mol. The van der Waals surface area contributed by atoms with Crippen molar-refractivity contribution in [2.75, 3.05) is 0 Å². The highest BCUT2D eigenvalue weighted by molar-refractivity contribution is 6.01. The summed E-state index contributed by atoms with van der Waals surface area (Å²) in [5.41, 5.74) is 0.136. The number of ether oxygens (including phenoxy) is 1. The molecule has 0 fully saturated rings. The molecule has 0 saturated heterocycles.